The van der Waals surface area contributed by atoms with Gasteiger partial charge in [0.1, 0.15) is 0 Å². The van der Waals surface area contributed by atoms with Crippen LogP contribution >= 0.6 is 22.9 Å². The van der Waals surface area contributed by atoms with E-state index in [1.807, 2.05) is 6.07 Å². The van der Waals surface area contributed by atoms with Gasteiger partial charge in [-0.2, -0.15) is 0 Å². The van der Waals surface area contributed by atoms with Crippen LogP contribution < -0.4 is 5.73 Å². The van der Waals surface area contributed by atoms with E-state index >= 15 is 0 Å². The molecule has 3 atom stereocenters. The monoisotopic (exact) mass is 258 g/mol. The standard InChI is InChI=1S/C12H19ClN2S/c1-8-6-15(7-9(8)2)10(5-14)11-3-4-12(13)16-11/h3-4,8-10H,5-7,14H2,1-2H3. The number of nitrogens with two attached hydrogens (primary N) is 1. The minimum atomic E-state index is 0.352. The molecule has 0 aliphatic carbocycles. The SMILES string of the molecule is CC1CN(C(CN)c2ccc(Cl)s2)CC1C. The van der Waals surface area contributed by atoms with E-state index in [1.54, 1.807) is 11.3 Å². The van der Waals surface area contributed by atoms with E-state index in [2.05, 4.69) is 24.8 Å². The normalized spacial score (nSPS) is 28.5. The van der Waals surface area contributed by atoms with Crippen molar-refractivity contribution in [2.24, 2.45) is 17.6 Å². The summed E-state index contributed by atoms with van der Waals surface area (Å²) in [6, 6.07) is 4.43. The van der Waals surface area contributed by atoms with Crippen LogP contribution in [0.25, 0.3) is 0 Å². The quantitative estimate of drug-likeness (QED) is 0.903. The molecule has 2 nitrogen and oxygen atoms in total. The van der Waals surface area contributed by atoms with E-state index < -0.39 is 0 Å². The van der Waals surface area contributed by atoms with Crippen molar-refractivity contribution in [3.8, 4) is 0 Å². The molecule has 1 saturated heterocycles. The van der Waals surface area contributed by atoms with Crippen LogP contribution in [0.2, 0.25) is 4.34 Å². The van der Waals surface area contributed by atoms with Crippen LogP contribution in [-0.2, 0) is 0 Å². The van der Waals surface area contributed by atoms with Crippen LogP contribution in [0.15, 0.2) is 12.1 Å². The first kappa shape index (κ1) is 12.4. The van der Waals surface area contributed by atoms with E-state index in [0.717, 1.165) is 29.3 Å². The zero-order valence-electron chi connectivity index (χ0n) is 9.82. The van der Waals surface area contributed by atoms with Crippen LogP contribution in [-0.4, -0.2) is 24.5 Å². The molecule has 0 spiro atoms. The van der Waals surface area contributed by atoms with Crippen molar-refractivity contribution in [2.75, 3.05) is 19.6 Å². The zero-order valence-corrected chi connectivity index (χ0v) is 11.4. The van der Waals surface area contributed by atoms with Crippen molar-refractivity contribution < 1.29 is 0 Å². The highest BCUT2D eigenvalue weighted by Gasteiger charge is 2.31. The maximum absolute atomic E-state index is 5.98. The van der Waals surface area contributed by atoms with E-state index in [9.17, 15) is 0 Å². The number of halogens is 1. The van der Waals surface area contributed by atoms with Crippen molar-refractivity contribution in [2.45, 2.75) is 19.9 Å². The third-order valence-electron chi connectivity index (χ3n) is 3.60. The van der Waals surface area contributed by atoms with Gasteiger partial charge in [-0.25, -0.2) is 0 Å². The number of likely N-dealkylation sites (tertiary alicyclic amines) is 1. The Morgan fingerprint density at radius 3 is 2.50 bits per heavy atom. The largest absolute Gasteiger partial charge is 0.329 e. The molecule has 0 aromatic carbocycles. The first-order valence-electron chi connectivity index (χ1n) is 5.81. The Morgan fingerprint density at radius 2 is 2.06 bits per heavy atom. The molecular formula is C12H19ClN2S. The van der Waals surface area contributed by atoms with E-state index in [1.165, 1.54) is 4.88 Å². The third kappa shape index (κ3) is 2.43. The fourth-order valence-electron chi connectivity index (χ4n) is 2.38. The molecule has 0 radical (unpaired) electrons. The predicted octanol–water partition coefficient (Wildman–Crippen LogP) is 2.99. The van der Waals surface area contributed by atoms with Gasteiger partial charge in [-0.3, -0.25) is 4.90 Å². The molecule has 0 amide bonds. The van der Waals surface area contributed by atoms with Crippen LogP contribution in [0.4, 0.5) is 0 Å². The second-order valence-corrected chi connectivity index (χ2v) is 6.55. The molecule has 3 unspecified atom stereocenters. The summed E-state index contributed by atoms with van der Waals surface area (Å²) >= 11 is 7.64. The Bertz CT molecular complexity index is 343. The Morgan fingerprint density at radius 1 is 1.44 bits per heavy atom. The van der Waals surface area contributed by atoms with Crippen molar-refractivity contribution in [3.63, 3.8) is 0 Å². The molecule has 0 bridgehead atoms. The number of nitrogens with zero attached hydrogens (tertiary/aromatic N) is 1. The molecule has 4 heteroatoms. The summed E-state index contributed by atoms with van der Waals surface area (Å²) in [6.07, 6.45) is 0. The molecule has 1 fully saturated rings. The van der Waals surface area contributed by atoms with Crippen molar-refractivity contribution >= 4 is 22.9 Å². The molecule has 1 aliphatic rings. The van der Waals surface area contributed by atoms with E-state index in [4.69, 9.17) is 17.3 Å². The Labute approximate surface area is 106 Å². The van der Waals surface area contributed by atoms with E-state index in [0.29, 0.717) is 12.6 Å². The smallest absolute Gasteiger partial charge is 0.0931 e. The van der Waals surface area contributed by atoms with Crippen molar-refractivity contribution in [3.05, 3.63) is 21.3 Å². The lowest BCUT2D eigenvalue weighted by molar-refractivity contribution is 0.243. The predicted molar refractivity (Wildman–Crippen MR) is 71.0 cm³/mol. The average molecular weight is 259 g/mol. The lowest BCUT2D eigenvalue weighted by Crippen LogP contribution is -2.31. The first-order valence-corrected chi connectivity index (χ1v) is 7.00. The zero-order chi connectivity index (χ0) is 11.7. The second kappa shape index (κ2) is 5.05. The summed E-state index contributed by atoms with van der Waals surface area (Å²) in [5.74, 6) is 1.54. The van der Waals surface area contributed by atoms with Crippen LogP contribution in [0.1, 0.15) is 24.8 Å². The Hall–Kier alpha value is -0.0900. The summed E-state index contributed by atoms with van der Waals surface area (Å²) < 4.78 is 0.855. The van der Waals surface area contributed by atoms with Gasteiger partial charge in [0.2, 0.25) is 0 Å². The highest BCUT2D eigenvalue weighted by molar-refractivity contribution is 7.16. The molecular weight excluding hydrogens is 240 g/mol. The van der Waals surface area contributed by atoms with Crippen LogP contribution in [0.3, 0.4) is 0 Å². The number of rotatable bonds is 3. The van der Waals surface area contributed by atoms with Gasteiger partial charge in [0.15, 0.2) is 0 Å². The van der Waals surface area contributed by atoms with Gasteiger partial charge < -0.3 is 5.73 Å². The van der Waals surface area contributed by atoms with Gasteiger partial charge in [-0.05, 0) is 24.0 Å². The highest BCUT2D eigenvalue weighted by Crippen LogP contribution is 2.34. The lowest BCUT2D eigenvalue weighted by Gasteiger charge is -2.25. The van der Waals surface area contributed by atoms with Gasteiger partial charge in [0.25, 0.3) is 0 Å². The minimum Gasteiger partial charge on any atom is -0.329 e. The molecule has 2 rings (SSSR count). The topological polar surface area (TPSA) is 29.3 Å². The fourth-order valence-corrected chi connectivity index (χ4v) is 3.59. The molecule has 1 aliphatic heterocycles. The maximum Gasteiger partial charge on any atom is 0.0931 e. The molecule has 0 saturated carbocycles. The third-order valence-corrected chi connectivity index (χ3v) is 4.94. The van der Waals surface area contributed by atoms with Gasteiger partial charge in [-0.15, -0.1) is 11.3 Å². The van der Waals surface area contributed by atoms with Gasteiger partial charge in [-0.1, -0.05) is 25.4 Å². The fraction of sp³-hybridized carbons (Fsp3) is 0.667. The Balaban J connectivity index is 2.12. The van der Waals surface area contributed by atoms with Crippen LogP contribution in [0.5, 0.6) is 0 Å². The molecule has 90 valence electrons. The molecule has 2 N–H and O–H groups in total. The molecule has 16 heavy (non-hydrogen) atoms. The summed E-state index contributed by atoms with van der Waals surface area (Å²) in [5.41, 5.74) is 5.91. The minimum absolute atomic E-state index is 0.352. The van der Waals surface area contributed by atoms with Gasteiger partial charge >= 0.3 is 0 Å². The number of hydrogen-bond donors (Lipinski definition) is 1. The van der Waals surface area contributed by atoms with E-state index in [-0.39, 0.29) is 0 Å². The van der Waals surface area contributed by atoms with Crippen molar-refractivity contribution in [1.29, 1.82) is 0 Å². The number of hydrogen-bond acceptors (Lipinski definition) is 3. The number of thiophene rings is 1. The van der Waals surface area contributed by atoms with Gasteiger partial charge in [0, 0.05) is 24.5 Å². The summed E-state index contributed by atoms with van der Waals surface area (Å²) in [5, 5.41) is 0. The molecule has 1 aromatic heterocycles. The van der Waals surface area contributed by atoms with Gasteiger partial charge in [0.05, 0.1) is 10.4 Å². The molecule has 2 heterocycles. The molecule has 1 aromatic rings. The summed E-state index contributed by atoms with van der Waals surface area (Å²) in [6.45, 7) is 7.62. The first-order chi connectivity index (χ1) is 7.61. The van der Waals surface area contributed by atoms with Crippen LogP contribution in [0, 0.1) is 11.8 Å². The second-order valence-electron chi connectivity index (χ2n) is 4.80. The summed E-state index contributed by atoms with van der Waals surface area (Å²) in [7, 11) is 0. The van der Waals surface area contributed by atoms with Crippen molar-refractivity contribution in [1.82, 2.24) is 4.90 Å². The Kier molecular flexibility index (Phi) is 3.90. The maximum atomic E-state index is 5.98. The highest BCUT2D eigenvalue weighted by atomic mass is 35.5. The average Bonchev–Trinajstić information content (AvgIpc) is 2.77. The summed E-state index contributed by atoms with van der Waals surface area (Å²) in [4.78, 5) is 3.80. The lowest BCUT2D eigenvalue weighted by atomic mass is 10.0.